The first-order valence-corrected chi connectivity index (χ1v) is 7.57. The van der Waals surface area contributed by atoms with Crippen LogP contribution in [0.3, 0.4) is 0 Å². The molecular weight excluding hydrogens is 310 g/mol. The molecule has 3 rings (SSSR count). The number of methoxy groups -OCH3 is 1. The summed E-state index contributed by atoms with van der Waals surface area (Å²) < 4.78 is 13.0. The van der Waals surface area contributed by atoms with E-state index in [1.54, 1.807) is 7.11 Å². The van der Waals surface area contributed by atoms with E-state index in [1.807, 2.05) is 53.1 Å². The summed E-state index contributed by atoms with van der Waals surface area (Å²) in [6, 6.07) is 15.3. The van der Waals surface area contributed by atoms with Crippen molar-refractivity contribution in [3.63, 3.8) is 0 Å². The van der Waals surface area contributed by atoms with Crippen LogP contribution in [-0.4, -0.2) is 21.6 Å². The molecule has 0 amide bonds. The maximum atomic E-state index is 5.84. The van der Waals surface area contributed by atoms with Crippen molar-refractivity contribution in [3.8, 4) is 11.5 Å². The van der Waals surface area contributed by atoms with Gasteiger partial charge in [-0.25, -0.2) is 4.98 Å². The molecule has 0 fully saturated rings. The van der Waals surface area contributed by atoms with E-state index in [9.17, 15) is 0 Å². The lowest BCUT2D eigenvalue weighted by Gasteiger charge is -2.10. The van der Waals surface area contributed by atoms with Crippen molar-refractivity contribution in [2.45, 2.75) is 13.2 Å². The molecule has 5 nitrogen and oxygen atoms in total. The van der Waals surface area contributed by atoms with Gasteiger partial charge in [0.25, 0.3) is 0 Å². The Labute approximate surface area is 139 Å². The molecule has 0 aliphatic heterocycles. The lowest BCUT2D eigenvalue weighted by Crippen LogP contribution is -2.19. The second kappa shape index (κ2) is 6.66. The van der Waals surface area contributed by atoms with Gasteiger partial charge >= 0.3 is 0 Å². The van der Waals surface area contributed by atoms with Crippen molar-refractivity contribution in [3.05, 3.63) is 54.4 Å². The second-order valence-electron chi connectivity index (χ2n) is 5.04. The molecule has 118 valence electrons. The fourth-order valence-corrected chi connectivity index (χ4v) is 2.54. The van der Waals surface area contributed by atoms with Crippen molar-refractivity contribution in [1.29, 1.82) is 0 Å². The van der Waals surface area contributed by atoms with E-state index in [2.05, 4.69) is 4.98 Å². The maximum absolute atomic E-state index is 5.84. The zero-order valence-electron chi connectivity index (χ0n) is 12.7. The Bertz CT molecular complexity index is 845. The van der Waals surface area contributed by atoms with Gasteiger partial charge in [0.05, 0.1) is 29.7 Å². The number of aromatic nitrogens is 2. The fourth-order valence-electron chi connectivity index (χ4n) is 2.41. The quantitative estimate of drug-likeness (QED) is 0.705. The zero-order chi connectivity index (χ0) is 16.2. The normalized spacial score (nSPS) is 10.7. The van der Waals surface area contributed by atoms with E-state index in [0.717, 1.165) is 28.4 Å². The average molecular weight is 327 g/mol. The topological polar surface area (TPSA) is 62.3 Å². The van der Waals surface area contributed by atoms with Crippen LogP contribution < -0.4 is 15.2 Å². The summed E-state index contributed by atoms with van der Waals surface area (Å²) in [6.45, 7) is 0.761. The number of para-hydroxylation sites is 2. The molecule has 0 unspecified atom stereocenters. The Morgan fingerprint density at radius 2 is 1.96 bits per heavy atom. The summed E-state index contributed by atoms with van der Waals surface area (Å²) in [6.07, 6.45) is 0. The third-order valence-electron chi connectivity index (χ3n) is 3.46. The molecule has 0 saturated heterocycles. The standard InChI is InChI=1S/C17H17N3O2S/c1-21-12-5-4-6-13(9-12)22-11-17-19-14-7-2-3-8-15(14)20(17)10-16(18)23/h2-9H,10-11H2,1H3,(H2,18,23). The van der Waals surface area contributed by atoms with Gasteiger partial charge in [-0.05, 0) is 24.3 Å². The van der Waals surface area contributed by atoms with E-state index in [1.165, 1.54) is 0 Å². The van der Waals surface area contributed by atoms with E-state index in [4.69, 9.17) is 27.4 Å². The van der Waals surface area contributed by atoms with Gasteiger partial charge in [-0.1, -0.05) is 30.4 Å². The summed E-state index contributed by atoms with van der Waals surface area (Å²) in [5.41, 5.74) is 7.60. The lowest BCUT2D eigenvalue weighted by atomic mass is 10.3. The molecule has 0 atom stereocenters. The van der Waals surface area contributed by atoms with Crippen LogP contribution in [0.2, 0.25) is 0 Å². The van der Waals surface area contributed by atoms with Gasteiger partial charge in [0.15, 0.2) is 0 Å². The predicted octanol–water partition coefficient (Wildman–Crippen LogP) is 2.91. The third kappa shape index (κ3) is 3.43. The van der Waals surface area contributed by atoms with Gasteiger partial charge in [-0.3, -0.25) is 0 Å². The molecule has 0 aliphatic rings. The van der Waals surface area contributed by atoms with Crippen molar-refractivity contribution in [2.24, 2.45) is 5.73 Å². The first kappa shape index (κ1) is 15.3. The molecule has 0 bridgehead atoms. The average Bonchev–Trinajstić information content (AvgIpc) is 2.90. The number of hydrogen-bond acceptors (Lipinski definition) is 4. The van der Waals surface area contributed by atoms with E-state index < -0.39 is 0 Å². The molecule has 1 heterocycles. The monoisotopic (exact) mass is 327 g/mol. The first-order chi connectivity index (χ1) is 11.2. The van der Waals surface area contributed by atoms with Crippen LogP contribution in [0.25, 0.3) is 11.0 Å². The summed E-state index contributed by atoms with van der Waals surface area (Å²) in [5, 5.41) is 0. The molecule has 23 heavy (non-hydrogen) atoms. The molecule has 0 saturated carbocycles. The number of ether oxygens (including phenoxy) is 2. The summed E-state index contributed by atoms with van der Waals surface area (Å²) in [7, 11) is 1.63. The minimum atomic E-state index is 0.324. The van der Waals surface area contributed by atoms with Gasteiger partial charge < -0.3 is 19.8 Å². The van der Waals surface area contributed by atoms with Gasteiger partial charge in [0.2, 0.25) is 0 Å². The predicted molar refractivity (Wildman–Crippen MR) is 93.8 cm³/mol. The highest BCUT2D eigenvalue weighted by Gasteiger charge is 2.11. The number of imidazole rings is 1. The number of hydrogen-bond donors (Lipinski definition) is 1. The van der Waals surface area contributed by atoms with Crippen molar-refractivity contribution in [2.75, 3.05) is 7.11 Å². The number of rotatable bonds is 6. The minimum absolute atomic E-state index is 0.324. The van der Waals surface area contributed by atoms with Gasteiger partial charge in [-0.15, -0.1) is 0 Å². The molecule has 0 radical (unpaired) electrons. The molecule has 0 spiro atoms. The molecule has 3 aromatic rings. The van der Waals surface area contributed by atoms with Crippen molar-refractivity contribution in [1.82, 2.24) is 9.55 Å². The van der Waals surface area contributed by atoms with Crippen LogP contribution in [-0.2, 0) is 13.2 Å². The van der Waals surface area contributed by atoms with Gasteiger partial charge in [-0.2, -0.15) is 0 Å². The first-order valence-electron chi connectivity index (χ1n) is 7.16. The molecule has 2 N–H and O–H groups in total. The number of nitrogens with two attached hydrogens (primary N) is 1. The summed E-state index contributed by atoms with van der Waals surface area (Å²) in [4.78, 5) is 5.03. The highest BCUT2D eigenvalue weighted by Crippen LogP contribution is 2.21. The van der Waals surface area contributed by atoms with Crippen molar-refractivity contribution < 1.29 is 9.47 Å². The Kier molecular flexibility index (Phi) is 4.43. The van der Waals surface area contributed by atoms with Gasteiger partial charge in [0.1, 0.15) is 23.9 Å². The van der Waals surface area contributed by atoms with Crippen molar-refractivity contribution >= 4 is 28.2 Å². The molecule has 6 heteroatoms. The van der Waals surface area contributed by atoms with E-state index in [0.29, 0.717) is 18.1 Å². The smallest absolute Gasteiger partial charge is 0.148 e. The highest BCUT2D eigenvalue weighted by atomic mass is 32.1. The van der Waals surface area contributed by atoms with E-state index >= 15 is 0 Å². The molecular formula is C17H17N3O2S. The second-order valence-corrected chi connectivity index (χ2v) is 5.56. The minimum Gasteiger partial charge on any atom is -0.497 e. The largest absolute Gasteiger partial charge is 0.497 e. The number of fused-ring (bicyclic) bond motifs is 1. The lowest BCUT2D eigenvalue weighted by molar-refractivity contribution is 0.290. The van der Waals surface area contributed by atoms with Crippen LogP contribution in [0.5, 0.6) is 11.5 Å². The van der Waals surface area contributed by atoms with Crippen LogP contribution in [0.1, 0.15) is 5.82 Å². The Balaban J connectivity index is 1.88. The molecule has 1 aromatic heterocycles. The fraction of sp³-hybridized carbons (Fsp3) is 0.176. The summed E-state index contributed by atoms with van der Waals surface area (Å²) >= 11 is 5.05. The van der Waals surface area contributed by atoms with E-state index in [-0.39, 0.29) is 0 Å². The zero-order valence-corrected chi connectivity index (χ0v) is 13.5. The number of benzene rings is 2. The maximum Gasteiger partial charge on any atom is 0.148 e. The Morgan fingerprint density at radius 1 is 1.17 bits per heavy atom. The SMILES string of the molecule is COc1cccc(OCc2nc3ccccc3n2CC(N)=S)c1. The third-order valence-corrected chi connectivity index (χ3v) is 3.59. The number of nitrogens with zero attached hydrogens (tertiary/aromatic N) is 2. The van der Waals surface area contributed by atoms with Crippen LogP contribution in [0.4, 0.5) is 0 Å². The molecule has 2 aromatic carbocycles. The van der Waals surface area contributed by atoms with Crippen LogP contribution >= 0.6 is 12.2 Å². The Hall–Kier alpha value is -2.60. The van der Waals surface area contributed by atoms with Crippen LogP contribution in [0, 0.1) is 0 Å². The Morgan fingerprint density at radius 3 is 2.74 bits per heavy atom. The van der Waals surface area contributed by atoms with Crippen LogP contribution in [0.15, 0.2) is 48.5 Å². The summed E-state index contributed by atoms with van der Waals surface area (Å²) in [5.74, 6) is 2.25. The molecule has 0 aliphatic carbocycles. The number of thiocarbonyl (C=S) groups is 1. The van der Waals surface area contributed by atoms with Gasteiger partial charge in [0, 0.05) is 6.07 Å². The highest BCUT2D eigenvalue weighted by molar-refractivity contribution is 7.80.